The first-order chi connectivity index (χ1) is 10.9. The van der Waals surface area contributed by atoms with Crippen LogP contribution < -0.4 is 10.6 Å². The summed E-state index contributed by atoms with van der Waals surface area (Å²) in [5.74, 6) is -0.289. The highest BCUT2D eigenvalue weighted by molar-refractivity contribution is 7.98. The minimum Gasteiger partial charge on any atom is -0.326 e. The summed E-state index contributed by atoms with van der Waals surface area (Å²) in [7, 11) is 0. The van der Waals surface area contributed by atoms with Crippen molar-refractivity contribution in [2.24, 2.45) is 0 Å². The van der Waals surface area contributed by atoms with Gasteiger partial charge in [-0.05, 0) is 49.4 Å². The molecule has 0 saturated heterocycles. The molecular formula is C18H20N2O2S. The minimum atomic E-state index is -0.157. The van der Waals surface area contributed by atoms with Crippen molar-refractivity contribution in [1.29, 1.82) is 0 Å². The molecule has 23 heavy (non-hydrogen) atoms. The van der Waals surface area contributed by atoms with Gasteiger partial charge in [0.15, 0.2) is 0 Å². The smallest absolute Gasteiger partial charge is 0.256 e. The van der Waals surface area contributed by atoms with E-state index in [0.29, 0.717) is 11.3 Å². The van der Waals surface area contributed by atoms with Gasteiger partial charge < -0.3 is 10.6 Å². The molecule has 120 valence electrons. The molecule has 2 aromatic carbocycles. The Morgan fingerprint density at radius 1 is 1.00 bits per heavy atom. The lowest BCUT2D eigenvalue weighted by atomic mass is 10.1. The van der Waals surface area contributed by atoms with Crippen LogP contribution in [0.4, 0.5) is 11.4 Å². The van der Waals surface area contributed by atoms with Crippen molar-refractivity contribution >= 4 is 35.0 Å². The molecular weight excluding hydrogens is 308 g/mol. The molecule has 0 radical (unpaired) electrons. The average Bonchev–Trinajstić information content (AvgIpc) is 2.53. The van der Waals surface area contributed by atoms with Crippen molar-refractivity contribution in [3.05, 3.63) is 53.1 Å². The van der Waals surface area contributed by atoms with Crippen molar-refractivity contribution in [2.75, 3.05) is 16.9 Å². The second-order valence-electron chi connectivity index (χ2n) is 5.27. The maximum atomic E-state index is 12.6. The van der Waals surface area contributed by atoms with Gasteiger partial charge in [0.2, 0.25) is 5.91 Å². The fourth-order valence-corrected chi connectivity index (χ4v) is 2.97. The maximum absolute atomic E-state index is 12.6. The van der Waals surface area contributed by atoms with E-state index in [-0.39, 0.29) is 11.8 Å². The summed E-state index contributed by atoms with van der Waals surface area (Å²) in [5, 5.41) is 5.76. The third kappa shape index (κ3) is 3.93. The number of aryl methyl sites for hydroxylation is 1. The number of hydrogen-bond acceptors (Lipinski definition) is 3. The Kier molecular flexibility index (Phi) is 5.45. The van der Waals surface area contributed by atoms with Gasteiger partial charge in [-0.25, -0.2) is 0 Å². The predicted molar refractivity (Wildman–Crippen MR) is 96.4 cm³/mol. The minimum absolute atomic E-state index is 0.132. The molecule has 2 N–H and O–H groups in total. The molecule has 2 aromatic rings. The molecule has 0 bridgehead atoms. The maximum Gasteiger partial charge on any atom is 0.256 e. The van der Waals surface area contributed by atoms with E-state index < -0.39 is 0 Å². The van der Waals surface area contributed by atoms with Gasteiger partial charge in [-0.15, -0.1) is 11.8 Å². The Labute approximate surface area is 140 Å². The highest BCUT2D eigenvalue weighted by Crippen LogP contribution is 2.28. The van der Waals surface area contributed by atoms with Gasteiger partial charge in [0.25, 0.3) is 5.91 Å². The quantitative estimate of drug-likeness (QED) is 0.826. The van der Waals surface area contributed by atoms with E-state index in [1.54, 1.807) is 6.07 Å². The Morgan fingerprint density at radius 3 is 2.35 bits per heavy atom. The SMILES string of the molecule is CSc1ccccc1C(=O)Nc1ccc(C)c(NC(C)=O)c1C. The van der Waals surface area contributed by atoms with Crippen LogP contribution in [0.25, 0.3) is 0 Å². The van der Waals surface area contributed by atoms with Crippen molar-refractivity contribution in [2.45, 2.75) is 25.7 Å². The van der Waals surface area contributed by atoms with Gasteiger partial charge in [0, 0.05) is 23.2 Å². The monoisotopic (exact) mass is 328 g/mol. The zero-order valence-corrected chi connectivity index (χ0v) is 14.5. The van der Waals surface area contributed by atoms with Gasteiger partial charge >= 0.3 is 0 Å². The molecule has 5 heteroatoms. The number of benzene rings is 2. The second kappa shape index (κ2) is 7.33. The molecule has 2 amide bonds. The first-order valence-corrected chi connectivity index (χ1v) is 8.48. The summed E-state index contributed by atoms with van der Waals surface area (Å²) in [6.07, 6.45) is 1.94. The van der Waals surface area contributed by atoms with Crippen LogP contribution in [0.1, 0.15) is 28.4 Å². The number of carbonyl (C=O) groups is 2. The zero-order valence-electron chi connectivity index (χ0n) is 13.7. The summed E-state index contributed by atoms with van der Waals surface area (Å²) in [4.78, 5) is 24.8. The van der Waals surface area contributed by atoms with E-state index >= 15 is 0 Å². The van der Waals surface area contributed by atoms with Gasteiger partial charge in [-0.3, -0.25) is 9.59 Å². The topological polar surface area (TPSA) is 58.2 Å². The molecule has 0 fully saturated rings. The molecule has 0 aliphatic carbocycles. The van der Waals surface area contributed by atoms with Crippen molar-refractivity contribution < 1.29 is 9.59 Å². The number of carbonyl (C=O) groups excluding carboxylic acids is 2. The van der Waals surface area contributed by atoms with Gasteiger partial charge in [-0.1, -0.05) is 18.2 Å². The highest BCUT2D eigenvalue weighted by Gasteiger charge is 2.14. The van der Waals surface area contributed by atoms with Gasteiger partial charge in [0.05, 0.1) is 5.56 Å². The van der Waals surface area contributed by atoms with Crippen LogP contribution in [0.5, 0.6) is 0 Å². The lowest BCUT2D eigenvalue weighted by Gasteiger charge is -2.16. The molecule has 4 nitrogen and oxygen atoms in total. The molecule has 0 aliphatic heterocycles. The number of hydrogen-bond donors (Lipinski definition) is 2. The van der Waals surface area contributed by atoms with E-state index in [1.807, 2.05) is 50.4 Å². The van der Waals surface area contributed by atoms with Gasteiger partial charge in [-0.2, -0.15) is 0 Å². The molecule has 0 saturated carbocycles. The normalized spacial score (nSPS) is 10.3. The number of amides is 2. The largest absolute Gasteiger partial charge is 0.326 e. The van der Waals surface area contributed by atoms with Crippen LogP contribution in [-0.2, 0) is 4.79 Å². The molecule has 0 spiro atoms. The molecule has 0 atom stereocenters. The fourth-order valence-electron chi connectivity index (χ4n) is 2.37. The summed E-state index contributed by atoms with van der Waals surface area (Å²) < 4.78 is 0. The predicted octanol–water partition coefficient (Wildman–Crippen LogP) is 4.24. The first-order valence-electron chi connectivity index (χ1n) is 7.26. The van der Waals surface area contributed by atoms with E-state index in [2.05, 4.69) is 10.6 Å². The summed E-state index contributed by atoms with van der Waals surface area (Å²) in [6.45, 7) is 5.28. The van der Waals surface area contributed by atoms with E-state index in [1.165, 1.54) is 18.7 Å². The van der Waals surface area contributed by atoms with Crippen LogP contribution in [0.15, 0.2) is 41.3 Å². The third-order valence-corrected chi connectivity index (χ3v) is 4.37. The van der Waals surface area contributed by atoms with Crippen LogP contribution >= 0.6 is 11.8 Å². The summed E-state index contributed by atoms with van der Waals surface area (Å²) in [6, 6.07) is 11.2. The third-order valence-electron chi connectivity index (χ3n) is 3.57. The molecule has 2 rings (SSSR count). The summed E-state index contributed by atoms with van der Waals surface area (Å²) >= 11 is 1.53. The fraction of sp³-hybridized carbons (Fsp3) is 0.222. The lowest BCUT2D eigenvalue weighted by molar-refractivity contribution is -0.114. The molecule has 0 aliphatic rings. The van der Waals surface area contributed by atoms with Crippen molar-refractivity contribution in [1.82, 2.24) is 0 Å². The van der Waals surface area contributed by atoms with Gasteiger partial charge in [0.1, 0.15) is 0 Å². The highest BCUT2D eigenvalue weighted by atomic mass is 32.2. The number of thioether (sulfide) groups is 1. The lowest BCUT2D eigenvalue weighted by Crippen LogP contribution is -2.15. The number of anilines is 2. The molecule has 0 heterocycles. The summed E-state index contributed by atoms with van der Waals surface area (Å²) in [5.41, 5.74) is 3.88. The number of nitrogens with one attached hydrogen (secondary N) is 2. The zero-order chi connectivity index (χ0) is 17.0. The second-order valence-corrected chi connectivity index (χ2v) is 6.11. The number of rotatable bonds is 4. The Hall–Kier alpha value is -2.27. The van der Waals surface area contributed by atoms with Crippen LogP contribution in [0.3, 0.4) is 0 Å². The van der Waals surface area contributed by atoms with Crippen LogP contribution in [0.2, 0.25) is 0 Å². The van der Waals surface area contributed by atoms with Crippen molar-refractivity contribution in [3.8, 4) is 0 Å². The van der Waals surface area contributed by atoms with Crippen LogP contribution in [-0.4, -0.2) is 18.1 Å². The first kappa shape index (κ1) is 17.1. The van der Waals surface area contributed by atoms with Crippen molar-refractivity contribution in [3.63, 3.8) is 0 Å². The Balaban J connectivity index is 2.33. The van der Waals surface area contributed by atoms with Crippen LogP contribution in [0, 0.1) is 13.8 Å². The Bertz CT molecular complexity index is 757. The standard InChI is InChI=1S/C18H20N2O2S/c1-11-9-10-15(12(2)17(11)19-13(3)21)20-18(22)14-7-5-6-8-16(14)23-4/h5-10H,1-4H3,(H,19,21)(H,20,22). The molecule has 0 aromatic heterocycles. The van der Waals surface area contributed by atoms with E-state index in [4.69, 9.17) is 0 Å². The van der Waals surface area contributed by atoms with E-state index in [0.717, 1.165) is 21.7 Å². The Morgan fingerprint density at radius 2 is 1.70 bits per heavy atom. The molecule has 0 unspecified atom stereocenters. The van der Waals surface area contributed by atoms with E-state index in [9.17, 15) is 9.59 Å². The average molecular weight is 328 g/mol.